The number of rotatable bonds is 4. The lowest BCUT2D eigenvalue weighted by atomic mass is 9.97. The molecular formula is C22H22N2O4. The summed E-state index contributed by atoms with van der Waals surface area (Å²) >= 11 is 0. The van der Waals surface area contributed by atoms with Crippen LogP contribution in [0.3, 0.4) is 0 Å². The molecule has 2 aliphatic rings. The van der Waals surface area contributed by atoms with Gasteiger partial charge in [0, 0.05) is 13.1 Å². The van der Waals surface area contributed by atoms with Crippen LogP contribution in [0.2, 0.25) is 0 Å². The van der Waals surface area contributed by atoms with Gasteiger partial charge in [0.1, 0.15) is 5.41 Å². The molecular weight excluding hydrogens is 356 g/mol. The van der Waals surface area contributed by atoms with E-state index in [1.54, 1.807) is 29.2 Å². The molecule has 28 heavy (non-hydrogen) atoms. The Morgan fingerprint density at radius 2 is 1.68 bits per heavy atom. The highest BCUT2D eigenvalue weighted by Gasteiger charge is 2.58. The first kappa shape index (κ1) is 18.2. The monoisotopic (exact) mass is 378 g/mol. The summed E-state index contributed by atoms with van der Waals surface area (Å²) in [6.45, 7) is 1.15. The highest BCUT2D eigenvalue weighted by molar-refractivity contribution is 6.14. The van der Waals surface area contributed by atoms with Gasteiger partial charge in [-0.25, -0.2) is 4.79 Å². The summed E-state index contributed by atoms with van der Waals surface area (Å²) in [6, 6.07) is 14.7. The molecule has 0 spiro atoms. The van der Waals surface area contributed by atoms with E-state index in [0.29, 0.717) is 31.6 Å². The molecule has 0 atom stereocenters. The zero-order chi connectivity index (χ0) is 19.7. The molecule has 144 valence electrons. The number of para-hydroxylation sites is 1. The zero-order valence-electron chi connectivity index (χ0n) is 15.7. The molecule has 1 fully saturated rings. The number of amides is 2. The van der Waals surface area contributed by atoms with Crippen LogP contribution >= 0.6 is 0 Å². The van der Waals surface area contributed by atoms with Crippen LogP contribution in [-0.4, -0.2) is 36.3 Å². The van der Waals surface area contributed by atoms with Crippen molar-refractivity contribution in [2.75, 3.05) is 19.0 Å². The molecule has 2 amide bonds. The molecule has 6 heteroatoms. The Bertz CT molecular complexity index is 949. The molecule has 0 radical (unpaired) electrons. The lowest BCUT2D eigenvalue weighted by molar-refractivity contribution is -0.143. The maximum absolute atomic E-state index is 13.2. The Kier molecular flexibility index (Phi) is 4.63. The topological polar surface area (TPSA) is 75.7 Å². The predicted molar refractivity (Wildman–Crippen MR) is 104 cm³/mol. The molecule has 4 rings (SSSR count). The van der Waals surface area contributed by atoms with Crippen molar-refractivity contribution < 1.29 is 19.1 Å². The normalized spacial score (nSPS) is 16.7. The third-order valence-corrected chi connectivity index (χ3v) is 5.59. The fourth-order valence-electron chi connectivity index (χ4n) is 3.76. The lowest BCUT2D eigenvalue weighted by Gasteiger charge is -2.31. The Morgan fingerprint density at radius 1 is 1.00 bits per heavy atom. The van der Waals surface area contributed by atoms with Crippen LogP contribution in [0.5, 0.6) is 0 Å². The Hall–Kier alpha value is -3.15. The van der Waals surface area contributed by atoms with Gasteiger partial charge in [-0.05, 0) is 42.5 Å². The van der Waals surface area contributed by atoms with E-state index < -0.39 is 11.4 Å². The largest absolute Gasteiger partial charge is 0.465 e. The molecule has 6 nitrogen and oxygen atoms in total. The van der Waals surface area contributed by atoms with Crippen LogP contribution < -0.4 is 5.32 Å². The molecule has 1 aliphatic heterocycles. The van der Waals surface area contributed by atoms with E-state index in [1.165, 1.54) is 12.7 Å². The second kappa shape index (κ2) is 7.11. The minimum Gasteiger partial charge on any atom is -0.465 e. The van der Waals surface area contributed by atoms with E-state index >= 15 is 0 Å². The van der Waals surface area contributed by atoms with Crippen molar-refractivity contribution in [2.24, 2.45) is 5.41 Å². The van der Waals surface area contributed by atoms with Gasteiger partial charge in [0.25, 0.3) is 0 Å². The summed E-state index contributed by atoms with van der Waals surface area (Å²) in [5, 5.41) is 2.78. The number of carbonyl (C=O) groups excluding carboxylic acids is 3. The van der Waals surface area contributed by atoms with Crippen molar-refractivity contribution in [3.8, 4) is 0 Å². The van der Waals surface area contributed by atoms with E-state index in [9.17, 15) is 14.4 Å². The summed E-state index contributed by atoms with van der Waals surface area (Å²) in [6.07, 6.45) is 1.84. The molecule has 1 aliphatic carbocycles. The summed E-state index contributed by atoms with van der Waals surface area (Å²) in [7, 11) is 1.29. The number of nitrogens with zero attached hydrogens (tertiary/aromatic N) is 1. The molecule has 1 saturated carbocycles. The SMILES string of the molecule is COC(=O)c1ccccc1NC(=O)C1(C(=O)N2CCc3ccccc3C2)CC1. The fraction of sp³-hybridized carbons (Fsp3) is 0.318. The number of nitrogens with one attached hydrogen (secondary N) is 1. The number of fused-ring (bicyclic) bond motifs is 1. The number of hydrogen-bond acceptors (Lipinski definition) is 4. The van der Waals surface area contributed by atoms with Gasteiger partial charge in [0.05, 0.1) is 18.4 Å². The van der Waals surface area contributed by atoms with Crippen LogP contribution in [0, 0.1) is 5.41 Å². The third-order valence-electron chi connectivity index (χ3n) is 5.59. The van der Waals surface area contributed by atoms with Gasteiger partial charge in [-0.2, -0.15) is 0 Å². The fourth-order valence-corrected chi connectivity index (χ4v) is 3.76. The summed E-state index contributed by atoms with van der Waals surface area (Å²) in [4.78, 5) is 39.9. The molecule has 1 heterocycles. The summed E-state index contributed by atoms with van der Waals surface area (Å²) < 4.78 is 4.77. The molecule has 0 bridgehead atoms. The highest BCUT2D eigenvalue weighted by atomic mass is 16.5. The van der Waals surface area contributed by atoms with Gasteiger partial charge in [-0.1, -0.05) is 36.4 Å². The van der Waals surface area contributed by atoms with Gasteiger partial charge >= 0.3 is 5.97 Å². The number of carbonyl (C=O) groups is 3. The van der Waals surface area contributed by atoms with E-state index in [1.807, 2.05) is 18.2 Å². The molecule has 0 saturated heterocycles. The van der Waals surface area contributed by atoms with Crippen LogP contribution in [0.4, 0.5) is 5.69 Å². The van der Waals surface area contributed by atoms with Crippen molar-refractivity contribution in [3.05, 3.63) is 65.2 Å². The number of benzene rings is 2. The Morgan fingerprint density at radius 3 is 2.39 bits per heavy atom. The minimum atomic E-state index is -1.03. The lowest BCUT2D eigenvalue weighted by Crippen LogP contribution is -2.45. The minimum absolute atomic E-state index is 0.130. The number of hydrogen-bond donors (Lipinski definition) is 1. The molecule has 2 aromatic carbocycles. The average Bonchev–Trinajstić information content (AvgIpc) is 3.55. The summed E-state index contributed by atoms with van der Waals surface area (Å²) in [5.41, 5.74) is 1.99. The van der Waals surface area contributed by atoms with Crippen LogP contribution in [0.15, 0.2) is 48.5 Å². The first-order chi connectivity index (χ1) is 13.5. The van der Waals surface area contributed by atoms with E-state index in [4.69, 9.17) is 4.74 Å². The van der Waals surface area contributed by atoms with Crippen molar-refractivity contribution in [1.82, 2.24) is 4.90 Å². The molecule has 1 N–H and O–H groups in total. The Labute approximate surface area is 163 Å². The second-order valence-electron chi connectivity index (χ2n) is 7.32. The van der Waals surface area contributed by atoms with Crippen molar-refractivity contribution >= 4 is 23.5 Å². The van der Waals surface area contributed by atoms with E-state index in [0.717, 1.165) is 12.0 Å². The smallest absolute Gasteiger partial charge is 0.339 e. The molecule has 0 aromatic heterocycles. The van der Waals surface area contributed by atoms with Crippen molar-refractivity contribution in [2.45, 2.75) is 25.8 Å². The standard InChI is InChI=1S/C22H22N2O4/c1-28-19(25)17-8-4-5-9-18(17)23-20(26)22(11-12-22)21(27)24-13-10-15-6-2-3-7-16(15)14-24/h2-9H,10-14H2,1H3,(H,23,26). The van der Waals surface area contributed by atoms with Gasteiger partial charge in [0.15, 0.2) is 0 Å². The van der Waals surface area contributed by atoms with Gasteiger partial charge < -0.3 is 15.0 Å². The van der Waals surface area contributed by atoms with Crippen LogP contribution in [0.25, 0.3) is 0 Å². The van der Waals surface area contributed by atoms with E-state index in [-0.39, 0.29) is 17.4 Å². The maximum atomic E-state index is 13.2. The highest BCUT2D eigenvalue weighted by Crippen LogP contribution is 2.48. The zero-order valence-corrected chi connectivity index (χ0v) is 15.7. The second-order valence-corrected chi connectivity index (χ2v) is 7.32. The third kappa shape index (κ3) is 3.15. The number of methoxy groups -OCH3 is 1. The van der Waals surface area contributed by atoms with Crippen molar-refractivity contribution in [1.29, 1.82) is 0 Å². The average molecular weight is 378 g/mol. The first-order valence-corrected chi connectivity index (χ1v) is 9.40. The molecule has 2 aromatic rings. The quantitative estimate of drug-likeness (QED) is 0.656. The van der Waals surface area contributed by atoms with E-state index in [2.05, 4.69) is 11.4 Å². The van der Waals surface area contributed by atoms with Crippen LogP contribution in [0.1, 0.15) is 34.3 Å². The van der Waals surface area contributed by atoms with Gasteiger partial charge in [-0.3, -0.25) is 9.59 Å². The van der Waals surface area contributed by atoms with Crippen LogP contribution in [-0.2, 0) is 27.3 Å². The predicted octanol–water partition coefficient (Wildman–Crippen LogP) is 2.78. The number of anilines is 1. The van der Waals surface area contributed by atoms with Gasteiger partial charge in [-0.15, -0.1) is 0 Å². The maximum Gasteiger partial charge on any atom is 0.339 e. The first-order valence-electron chi connectivity index (χ1n) is 9.40. The molecule has 0 unspecified atom stereocenters. The van der Waals surface area contributed by atoms with Crippen molar-refractivity contribution in [3.63, 3.8) is 0 Å². The summed E-state index contributed by atoms with van der Waals surface area (Å²) in [5.74, 6) is -1.01. The number of esters is 1. The Balaban J connectivity index is 1.51. The number of ether oxygens (including phenoxy) is 1. The van der Waals surface area contributed by atoms with Gasteiger partial charge in [0.2, 0.25) is 11.8 Å².